The summed E-state index contributed by atoms with van der Waals surface area (Å²) in [7, 11) is -3.53. The van der Waals surface area contributed by atoms with Crippen molar-refractivity contribution in [2.75, 3.05) is 26.3 Å². The van der Waals surface area contributed by atoms with E-state index in [9.17, 15) is 8.42 Å². The minimum atomic E-state index is -3.53. The Morgan fingerprint density at radius 3 is 2.72 bits per heavy atom. The summed E-state index contributed by atoms with van der Waals surface area (Å²) in [6, 6.07) is 5.96. The first kappa shape index (κ1) is 12.8. The van der Waals surface area contributed by atoms with Gasteiger partial charge in [-0.2, -0.15) is 4.31 Å². The van der Waals surface area contributed by atoms with Gasteiger partial charge in [-0.25, -0.2) is 8.42 Å². The maximum absolute atomic E-state index is 12.3. The Balaban J connectivity index is 2.34. The molecular formula is C10H12N4O3S. The van der Waals surface area contributed by atoms with Gasteiger partial charge in [-0.05, 0) is 17.7 Å². The monoisotopic (exact) mass is 268 g/mol. The maximum Gasteiger partial charge on any atom is 0.243 e. The molecule has 1 saturated heterocycles. The highest BCUT2D eigenvalue weighted by molar-refractivity contribution is 7.89. The molecule has 1 heterocycles. The van der Waals surface area contributed by atoms with Gasteiger partial charge < -0.3 is 4.74 Å². The maximum atomic E-state index is 12.3. The van der Waals surface area contributed by atoms with Gasteiger partial charge in [0.25, 0.3) is 0 Å². The number of nitrogens with zero attached hydrogens (tertiary/aromatic N) is 4. The lowest BCUT2D eigenvalue weighted by Crippen LogP contribution is -2.40. The van der Waals surface area contributed by atoms with Crippen molar-refractivity contribution in [3.05, 3.63) is 34.7 Å². The lowest BCUT2D eigenvalue weighted by atomic mass is 10.3. The van der Waals surface area contributed by atoms with E-state index in [0.717, 1.165) is 0 Å². The fraction of sp³-hybridized carbons (Fsp3) is 0.400. The number of hydrogen-bond acceptors (Lipinski definition) is 4. The van der Waals surface area contributed by atoms with E-state index in [2.05, 4.69) is 10.0 Å². The molecule has 0 bridgehead atoms. The zero-order valence-corrected chi connectivity index (χ0v) is 10.4. The normalized spacial score (nSPS) is 17.1. The first-order valence-corrected chi connectivity index (χ1v) is 6.81. The van der Waals surface area contributed by atoms with Crippen molar-refractivity contribution in [2.24, 2.45) is 5.11 Å². The van der Waals surface area contributed by atoms with Crippen LogP contribution in [0.2, 0.25) is 0 Å². The molecule has 2 rings (SSSR count). The Kier molecular flexibility index (Phi) is 3.83. The quantitative estimate of drug-likeness (QED) is 0.473. The van der Waals surface area contributed by atoms with Gasteiger partial charge in [0.05, 0.1) is 18.1 Å². The van der Waals surface area contributed by atoms with Gasteiger partial charge in [-0.15, -0.1) is 0 Å². The Labute approximate surface area is 105 Å². The molecule has 8 heteroatoms. The van der Waals surface area contributed by atoms with Crippen molar-refractivity contribution in [3.8, 4) is 0 Å². The minimum Gasteiger partial charge on any atom is -0.379 e. The first-order valence-electron chi connectivity index (χ1n) is 5.37. The minimum absolute atomic E-state index is 0.134. The van der Waals surface area contributed by atoms with Crippen LogP contribution >= 0.6 is 0 Å². The SMILES string of the molecule is [N-]=[N+]=Nc1cccc(S(=O)(=O)N2CCOCC2)c1. The van der Waals surface area contributed by atoms with E-state index in [-0.39, 0.29) is 10.6 Å². The predicted octanol–water partition coefficient (Wildman–Crippen LogP) is 1.65. The van der Waals surface area contributed by atoms with E-state index >= 15 is 0 Å². The van der Waals surface area contributed by atoms with E-state index in [1.807, 2.05) is 0 Å². The highest BCUT2D eigenvalue weighted by Gasteiger charge is 2.26. The third kappa shape index (κ3) is 2.62. The van der Waals surface area contributed by atoms with E-state index in [1.54, 1.807) is 12.1 Å². The first-order chi connectivity index (χ1) is 8.64. The molecule has 0 aliphatic carbocycles. The highest BCUT2D eigenvalue weighted by Crippen LogP contribution is 2.22. The molecule has 0 amide bonds. The molecule has 18 heavy (non-hydrogen) atoms. The summed E-state index contributed by atoms with van der Waals surface area (Å²) in [4.78, 5) is 2.77. The second-order valence-electron chi connectivity index (χ2n) is 3.70. The molecule has 0 saturated carbocycles. The van der Waals surface area contributed by atoms with Crippen LogP contribution in [0.5, 0.6) is 0 Å². The number of rotatable bonds is 3. The van der Waals surface area contributed by atoms with Crippen LogP contribution in [-0.4, -0.2) is 39.0 Å². The molecule has 0 spiro atoms. The molecule has 96 valence electrons. The van der Waals surface area contributed by atoms with Crippen molar-refractivity contribution < 1.29 is 13.2 Å². The van der Waals surface area contributed by atoms with Gasteiger partial charge in [-0.1, -0.05) is 17.2 Å². The van der Waals surface area contributed by atoms with Crippen LogP contribution in [0.25, 0.3) is 10.4 Å². The summed E-state index contributed by atoms with van der Waals surface area (Å²) in [5, 5.41) is 3.40. The molecule has 1 aromatic carbocycles. The van der Waals surface area contributed by atoms with E-state index in [4.69, 9.17) is 10.3 Å². The lowest BCUT2D eigenvalue weighted by molar-refractivity contribution is 0.0730. The summed E-state index contributed by atoms with van der Waals surface area (Å²) in [5.74, 6) is 0. The highest BCUT2D eigenvalue weighted by atomic mass is 32.2. The molecule has 0 N–H and O–H groups in total. The Morgan fingerprint density at radius 1 is 1.33 bits per heavy atom. The van der Waals surface area contributed by atoms with Gasteiger partial charge in [0, 0.05) is 23.7 Å². The number of hydrogen-bond donors (Lipinski definition) is 0. The molecule has 7 nitrogen and oxygen atoms in total. The topological polar surface area (TPSA) is 95.4 Å². The largest absolute Gasteiger partial charge is 0.379 e. The van der Waals surface area contributed by atoms with E-state index < -0.39 is 10.0 Å². The van der Waals surface area contributed by atoms with Crippen LogP contribution in [-0.2, 0) is 14.8 Å². The van der Waals surface area contributed by atoms with Crippen LogP contribution in [0.4, 0.5) is 5.69 Å². The standard InChI is InChI=1S/C10H12N4O3S/c11-13-12-9-2-1-3-10(8-9)18(15,16)14-4-6-17-7-5-14/h1-3,8H,4-7H2. The van der Waals surface area contributed by atoms with Gasteiger partial charge in [0.1, 0.15) is 0 Å². The second-order valence-corrected chi connectivity index (χ2v) is 5.64. The molecular weight excluding hydrogens is 256 g/mol. The Bertz CT molecular complexity index is 575. The summed E-state index contributed by atoms with van der Waals surface area (Å²) >= 11 is 0. The Morgan fingerprint density at radius 2 is 2.06 bits per heavy atom. The fourth-order valence-corrected chi connectivity index (χ4v) is 3.14. The lowest BCUT2D eigenvalue weighted by Gasteiger charge is -2.26. The molecule has 0 unspecified atom stereocenters. The Hall–Kier alpha value is -1.60. The van der Waals surface area contributed by atoms with Crippen LogP contribution in [0.1, 0.15) is 0 Å². The van der Waals surface area contributed by atoms with Crippen molar-refractivity contribution in [2.45, 2.75) is 4.90 Å². The van der Waals surface area contributed by atoms with Gasteiger partial charge >= 0.3 is 0 Å². The second kappa shape index (κ2) is 5.36. The van der Waals surface area contributed by atoms with Crippen molar-refractivity contribution >= 4 is 15.7 Å². The molecule has 1 aliphatic heterocycles. The fourth-order valence-electron chi connectivity index (χ4n) is 1.69. The summed E-state index contributed by atoms with van der Waals surface area (Å²) in [5.41, 5.74) is 8.63. The number of morpholine rings is 1. The van der Waals surface area contributed by atoms with Crippen molar-refractivity contribution in [1.82, 2.24) is 4.31 Å². The molecule has 0 radical (unpaired) electrons. The number of benzene rings is 1. The van der Waals surface area contributed by atoms with Crippen LogP contribution < -0.4 is 0 Å². The van der Waals surface area contributed by atoms with E-state index in [1.165, 1.54) is 16.4 Å². The summed E-state index contributed by atoms with van der Waals surface area (Å²) in [6.07, 6.45) is 0. The van der Waals surface area contributed by atoms with Crippen LogP contribution in [0, 0.1) is 0 Å². The summed E-state index contributed by atoms with van der Waals surface area (Å²) in [6.45, 7) is 1.48. The number of azide groups is 1. The van der Waals surface area contributed by atoms with Crippen molar-refractivity contribution in [1.29, 1.82) is 0 Å². The molecule has 1 fully saturated rings. The van der Waals surface area contributed by atoms with Gasteiger partial charge in [-0.3, -0.25) is 0 Å². The average molecular weight is 268 g/mol. The van der Waals surface area contributed by atoms with Gasteiger partial charge in [0.15, 0.2) is 0 Å². The third-order valence-corrected chi connectivity index (χ3v) is 4.48. The molecule has 0 aromatic heterocycles. The molecule has 1 aromatic rings. The van der Waals surface area contributed by atoms with Gasteiger partial charge in [0.2, 0.25) is 10.0 Å². The summed E-state index contributed by atoms with van der Waals surface area (Å²) < 4.78 is 31.0. The predicted molar refractivity (Wildman–Crippen MR) is 64.8 cm³/mol. The zero-order valence-electron chi connectivity index (χ0n) is 9.56. The average Bonchev–Trinajstić information content (AvgIpc) is 2.40. The number of ether oxygens (including phenoxy) is 1. The molecule has 1 aliphatic rings. The smallest absolute Gasteiger partial charge is 0.243 e. The third-order valence-electron chi connectivity index (χ3n) is 2.59. The van der Waals surface area contributed by atoms with Crippen LogP contribution in [0.3, 0.4) is 0 Å². The zero-order chi connectivity index (χ0) is 13.0. The molecule has 0 atom stereocenters. The van der Waals surface area contributed by atoms with Crippen LogP contribution in [0.15, 0.2) is 34.3 Å². The van der Waals surface area contributed by atoms with Crippen molar-refractivity contribution in [3.63, 3.8) is 0 Å². The van der Waals surface area contributed by atoms with E-state index in [0.29, 0.717) is 26.3 Å². The number of sulfonamides is 1.